The number of fused-ring (bicyclic) bond motifs is 2. The molecule has 2 aliphatic rings. The van der Waals surface area contributed by atoms with Crippen LogP contribution in [-0.4, -0.2) is 33.2 Å². The lowest BCUT2D eigenvalue weighted by Crippen LogP contribution is -2.49. The molecule has 0 aromatic carbocycles. The van der Waals surface area contributed by atoms with Gasteiger partial charge in [-0.15, -0.1) is 0 Å². The molecule has 2 nitrogen and oxygen atoms in total. The van der Waals surface area contributed by atoms with Gasteiger partial charge in [0.15, 0.2) is 0 Å². The zero-order valence-corrected chi connectivity index (χ0v) is 9.67. The first kappa shape index (κ1) is 12.6. The fourth-order valence-electron chi connectivity index (χ4n) is 2.93. The molecular formula is C9H11BrF4O2. The van der Waals surface area contributed by atoms with Crippen molar-refractivity contribution in [1.29, 1.82) is 0 Å². The summed E-state index contributed by atoms with van der Waals surface area (Å²) < 4.78 is 52.3. The molecule has 2 aliphatic carbocycles. The van der Waals surface area contributed by atoms with Gasteiger partial charge in [0.1, 0.15) is 0 Å². The second-order valence-electron chi connectivity index (χ2n) is 4.60. The van der Waals surface area contributed by atoms with Crippen LogP contribution < -0.4 is 0 Å². The Labute approximate surface area is 97.8 Å². The van der Waals surface area contributed by atoms with Gasteiger partial charge in [0, 0.05) is 5.92 Å². The first-order valence-electron chi connectivity index (χ1n) is 4.97. The summed E-state index contributed by atoms with van der Waals surface area (Å²) in [5.41, 5.74) is 0. The van der Waals surface area contributed by atoms with Crippen LogP contribution in [0.4, 0.5) is 17.6 Å². The zero-order valence-electron chi connectivity index (χ0n) is 8.09. The number of halogens is 5. The Kier molecular flexibility index (Phi) is 2.79. The molecule has 0 saturated heterocycles. The summed E-state index contributed by atoms with van der Waals surface area (Å²) in [6.45, 7) is 0. The summed E-state index contributed by atoms with van der Waals surface area (Å²) in [5, 5.41) is 18.8. The van der Waals surface area contributed by atoms with Crippen LogP contribution in [-0.2, 0) is 0 Å². The van der Waals surface area contributed by atoms with Gasteiger partial charge in [-0.05, 0) is 40.6 Å². The molecule has 2 N–H and O–H groups in total. The summed E-state index contributed by atoms with van der Waals surface area (Å²) in [5.74, 6) is -7.22. The molecule has 0 aromatic heterocycles. The number of hydrogen-bond donors (Lipinski definition) is 2. The van der Waals surface area contributed by atoms with Crippen LogP contribution in [0.25, 0.3) is 0 Å². The van der Waals surface area contributed by atoms with E-state index in [1.54, 1.807) is 15.9 Å². The van der Waals surface area contributed by atoms with Gasteiger partial charge in [-0.1, -0.05) is 0 Å². The number of aliphatic hydroxyl groups excluding tert-OH is 2. The fourth-order valence-corrected chi connectivity index (χ4v) is 3.22. The summed E-state index contributed by atoms with van der Waals surface area (Å²) in [4.78, 5) is -4.28. The van der Waals surface area contributed by atoms with Crippen LogP contribution >= 0.6 is 15.9 Å². The number of alkyl halides is 5. The van der Waals surface area contributed by atoms with E-state index in [0.717, 1.165) is 0 Å². The van der Waals surface area contributed by atoms with Crippen molar-refractivity contribution in [1.82, 2.24) is 0 Å². The Morgan fingerprint density at radius 2 is 1.56 bits per heavy atom. The van der Waals surface area contributed by atoms with E-state index in [0.29, 0.717) is 0 Å². The molecule has 5 atom stereocenters. The van der Waals surface area contributed by atoms with Gasteiger partial charge < -0.3 is 10.2 Å². The van der Waals surface area contributed by atoms with Crippen LogP contribution in [0.2, 0.25) is 0 Å². The Bertz CT molecular complexity index is 292. The maximum Gasteiger partial charge on any atom is 0.363 e. The predicted molar refractivity (Wildman–Crippen MR) is 50.5 cm³/mol. The van der Waals surface area contributed by atoms with Crippen molar-refractivity contribution in [2.24, 2.45) is 17.8 Å². The van der Waals surface area contributed by atoms with Gasteiger partial charge in [-0.25, -0.2) is 0 Å². The smallest absolute Gasteiger partial charge is 0.363 e. The largest absolute Gasteiger partial charge is 0.390 e. The molecule has 16 heavy (non-hydrogen) atoms. The minimum atomic E-state index is -4.28. The molecule has 2 saturated carbocycles. The first-order chi connectivity index (χ1) is 7.16. The van der Waals surface area contributed by atoms with Gasteiger partial charge in [0.2, 0.25) is 0 Å². The highest BCUT2D eigenvalue weighted by atomic mass is 79.9. The molecule has 0 aliphatic heterocycles. The van der Waals surface area contributed by atoms with Gasteiger partial charge in [0.05, 0.1) is 12.2 Å². The molecule has 0 radical (unpaired) electrons. The Morgan fingerprint density at radius 1 is 1.00 bits per heavy atom. The lowest BCUT2D eigenvalue weighted by molar-refractivity contribution is -0.205. The van der Waals surface area contributed by atoms with Crippen molar-refractivity contribution < 1.29 is 27.8 Å². The third-order valence-corrected chi connectivity index (χ3v) is 4.29. The van der Waals surface area contributed by atoms with Crippen molar-refractivity contribution in [3.05, 3.63) is 0 Å². The lowest BCUT2D eigenvalue weighted by atomic mass is 9.81. The summed E-state index contributed by atoms with van der Waals surface area (Å²) in [7, 11) is 0. The maximum absolute atomic E-state index is 13.4. The molecule has 2 fully saturated rings. The van der Waals surface area contributed by atoms with Gasteiger partial charge >= 0.3 is 10.8 Å². The SMILES string of the molecule is OC1C2CC(C1O)C(C(F)(F)C(F)(F)Br)C2. The molecule has 7 heteroatoms. The van der Waals surface area contributed by atoms with Crippen molar-refractivity contribution in [3.63, 3.8) is 0 Å². The Morgan fingerprint density at radius 3 is 1.94 bits per heavy atom. The normalized spacial score (nSPS) is 44.1. The fraction of sp³-hybridized carbons (Fsp3) is 1.00. The highest BCUT2D eigenvalue weighted by Crippen LogP contribution is 2.58. The molecule has 2 rings (SSSR count). The first-order valence-corrected chi connectivity index (χ1v) is 5.76. The Balaban J connectivity index is 2.21. The van der Waals surface area contributed by atoms with Crippen LogP contribution in [0.5, 0.6) is 0 Å². The maximum atomic E-state index is 13.4. The van der Waals surface area contributed by atoms with E-state index in [1.165, 1.54) is 0 Å². The van der Waals surface area contributed by atoms with Gasteiger partial charge in [0.25, 0.3) is 0 Å². The van der Waals surface area contributed by atoms with E-state index in [2.05, 4.69) is 0 Å². The average Bonchev–Trinajstić information content (AvgIpc) is 2.66. The van der Waals surface area contributed by atoms with Crippen LogP contribution in [0.1, 0.15) is 12.8 Å². The number of hydrogen-bond acceptors (Lipinski definition) is 2. The average molecular weight is 307 g/mol. The predicted octanol–water partition coefficient (Wildman–Crippen LogP) is 1.99. The van der Waals surface area contributed by atoms with Crippen LogP contribution in [0.15, 0.2) is 0 Å². The third-order valence-electron chi connectivity index (χ3n) is 3.76. The minimum absolute atomic E-state index is 0.170. The van der Waals surface area contributed by atoms with E-state index in [1.807, 2.05) is 0 Å². The van der Waals surface area contributed by atoms with Crippen molar-refractivity contribution in [2.75, 3.05) is 0 Å². The molecule has 0 spiro atoms. The minimum Gasteiger partial charge on any atom is -0.390 e. The Hall–Kier alpha value is 0.120. The van der Waals surface area contributed by atoms with E-state index >= 15 is 0 Å². The van der Waals surface area contributed by atoms with Crippen molar-refractivity contribution >= 4 is 15.9 Å². The van der Waals surface area contributed by atoms with Crippen molar-refractivity contribution in [2.45, 2.75) is 35.8 Å². The van der Waals surface area contributed by atoms with Gasteiger partial charge in [-0.2, -0.15) is 17.6 Å². The van der Waals surface area contributed by atoms with E-state index in [-0.39, 0.29) is 12.8 Å². The van der Waals surface area contributed by atoms with Gasteiger partial charge in [-0.3, -0.25) is 0 Å². The monoisotopic (exact) mass is 306 g/mol. The van der Waals surface area contributed by atoms with E-state index in [4.69, 9.17) is 0 Å². The van der Waals surface area contributed by atoms with Crippen molar-refractivity contribution in [3.8, 4) is 0 Å². The standard InChI is InChI=1S/C9H11BrF4O2/c10-9(13,14)8(11,12)5-2-3-1-4(5)7(16)6(3)15/h3-7,15-16H,1-2H2. The second kappa shape index (κ2) is 3.55. The molecule has 0 heterocycles. The molecule has 2 bridgehead atoms. The molecule has 0 aromatic rings. The second-order valence-corrected chi connectivity index (χ2v) is 5.60. The molecule has 5 unspecified atom stereocenters. The highest BCUT2D eigenvalue weighted by Gasteiger charge is 2.67. The third kappa shape index (κ3) is 1.59. The van der Waals surface area contributed by atoms with Crippen LogP contribution in [0, 0.1) is 17.8 Å². The number of aliphatic hydroxyl groups is 2. The zero-order chi connectivity index (χ0) is 12.3. The topological polar surface area (TPSA) is 40.5 Å². The lowest BCUT2D eigenvalue weighted by Gasteiger charge is -2.36. The summed E-state index contributed by atoms with van der Waals surface area (Å²) in [6, 6.07) is 0. The molecule has 0 amide bonds. The quantitative estimate of drug-likeness (QED) is 0.605. The van der Waals surface area contributed by atoms with E-state index in [9.17, 15) is 27.8 Å². The van der Waals surface area contributed by atoms with Crippen LogP contribution in [0.3, 0.4) is 0 Å². The molecule has 94 valence electrons. The summed E-state index contributed by atoms with van der Waals surface area (Å²) >= 11 is 1.69. The number of rotatable bonds is 2. The van der Waals surface area contributed by atoms with E-state index < -0.39 is 40.7 Å². The summed E-state index contributed by atoms with van der Waals surface area (Å²) in [6.07, 6.45) is -2.35. The highest BCUT2D eigenvalue weighted by molar-refractivity contribution is 9.10. The molecular weight excluding hydrogens is 296 g/mol.